The Labute approximate surface area is 97.3 Å². The summed E-state index contributed by atoms with van der Waals surface area (Å²) in [4.78, 5) is 16.3. The van der Waals surface area contributed by atoms with Gasteiger partial charge in [0, 0.05) is 10.6 Å². The Morgan fingerprint density at radius 3 is 3.00 bits per heavy atom. The van der Waals surface area contributed by atoms with E-state index in [1.54, 1.807) is 11.8 Å². The van der Waals surface area contributed by atoms with Crippen molar-refractivity contribution in [2.45, 2.75) is 16.9 Å². The predicted octanol–water partition coefficient (Wildman–Crippen LogP) is 1.46. The minimum Gasteiger partial charge on any atom is -0.385 e. The van der Waals surface area contributed by atoms with Gasteiger partial charge in [0.2, 0.25) is 0 Å². The zero-order valence-corrected chi connectivity index (χ0v) is 9.38. The maximum absolute atomic E-state index is 11.4. The second kappa shape index (κ2) is 3.25. The van der Waals surface area contributed by atoms with Crippen molar-refractivity contribution in [2.24, 2.45) is 10.7 Å². The number of carbonyl (C=O) groups is 1. The fraction of sp³-hybridized carbons (Fsp3) is 0.273. The van der Waals surface area contributed by atoms with Crippen LogP contribution in [0.1, 0.15) is 12.0 Å². The number of amides is 2. The summed E-state index contributed by atoms with van der Waals surface area (Å²) in [6.45, 7) is 0. The Bertz CT molecular complexity index is 500. The van der Waals surface area contributed by atoms with Gasteiger partial charge < -0.3 is 11.1 Å². The number of carbonyl (C=O) groups excluding carboxylic acids is 1. The largest absolute Gasteiger partial charge is 0.385 e. The summed E-state index contributed by atoms with van der Waals surface area (Å²) in [5.41, 5.74) is 6.42. The van der Waals surface area contributed by atoms with Crippen LogP contribution in [0, 0.1) is 0 Å². The summed E-state index contributed by atoms with van der Waals surface area (Å²) in [5, 5.41) is 2.89. The van der Waals surface area contributed by atoms with Gasteiger partial charge in [-0.2, -0.15) is 4.99 Å². The van der Waals surface area contributed by atoms with E-state index in [9.17, 15) is 4.79 Å². The monoisotopic (exact) mass is 233 g/mol. The van der Waals surface area contributed by atoms with Crippen molar-refractivity contribution >= 4 is 23.6 Å². The molecule has 0 aliphatic carbocycles. The fourth-order valence-electron chi connectivity index (χ4n) is 2.27. The molecule has 2 heterocycles. The second-order valence-corrected chi connectivity index (χ2v) is 5.06. The number of fused-ring (bicyclic) bond motifs is 2. The topological polar surface area (TPSA) is 67.5 Å². The summed E-state index contributed by atoms with van der Waals surface area (Å²) in [5.74, 6) is 1.33. The normalized spacial score (nSPS) is 27.5. The molecule has 0 aromatic heterocycles. The standard InChI is InChI=1S/C11H11N3OS/c12-9-11(14-10(15)13-9)5-6-16-8-4-2-1-3-7(8)11/h1-4H,5-6H2,(H3,12,13,14,15). The van der Waals surface area contributed by atoms with Crippen molar-refractivity contribution in [3.05, 3.63) is 29.8 Å². The molecule has 1 unspecified atom stereocenters. The van der Waals surface area contributed by atoms with E-state index in [0.29, 0.717) is 5.84 Å². The number of nitrogens with one attached hydrogen (secondary N) is 1. The van der Waals surface area contributed by atoms with Crippen molar-refractivity contribution in [1.82, 2.24) is 5.32 Å². The van der Waals surface area contributed by atoms with Crippen molar-refractivity contribution in [2.75, 3.05) is 5.75 Å². The number of amidine groups is 1. The molecule has 1 atom stereocenters. The number of nitrogens with two attached hydrogens (primary N) is 1. The van der Waals surface area contributed by atoms with Gasteiger partial charge in [0.05, 0.1) is 0 Å². The van der Waals surface area contributed by atoms with Gasteiger partial charge in [0.1, 0.15) is 11.4 Å². The molecule has 0 fully saturated rings. The fourth-order valence-corrected chi connectivity index (χ4v) is 3.47. The Morgan fingerprint density at radius 1 is 1.44 bits per heavy atom. The lowest BCUT2D eigenvalue weighted by Crippen LogP contribution is -2.50. The van der Waals surface area contributed by atoms with Crippen LogP contribution in [-0.2, 0) is 5.54 Å². The van der Waals surface area contributed by atoms with Crippen LogP contribution in [0.25, 0.3) is 0 Å². The number of nitrogens with zero attached hydrogens (tertiary/aromatic N) is 1. The van der Waals surface area contributed by atoms with E-state index in [2.05, 4.69) is 16.4 Å². The first-order chi connectivity index (χ1) is 7.72. The summed E-state index contributed by atoms with van der Waals surface area (Å²) in [7, 11) is 0. The summed E-state index contributed by atoms with van der Waals surface area (Å²) >= 11 is 1.79. The summed E-state index contributed by atoms with van der Waals surface area (Å²) in [6, 6.07) is 7.69. The highest BCUT2D eigenvalue weighted by Gasteiger charge is 2.45. The van der Waals surface area contributed by atoms with Crippen LogP contribution in [0.4, 0.5) is 4.79 Å². The van der Waals surface area contributed by atoms with Crippen LogP contribution in [0.15, 0.2) is 34.2 Å². The first kappa shape index (κ1) is 9.72. The molecule has 82 valence electrons. The predicted molar refractivity (Wildman–Crippen MR) is 63.6 cm³/mol. The molecule has 1 spiro atoms. The number of hydrogen-bond acceptors (Lipinski definition) is 3. The van der Waals surface area contributed by atoms with Crippen molar-refractivity contribution in [3.63, 3.8) is 0 Å². The van der Waals surface area contributed by atoms with Gasteiger partial charge in [-0.1, -0.05) is 18.2 Å². The summed E-state index contributed by atoms with van der Waals surface area (Å²) in [6.07, 6.45) is 0.801. The Balaban J connectivity index is 2.18. The van der Waals surface area contributed by atoms with Gasteiger partial charge in [-0.05, 0) is 18.1 Å². The van der Waals surface area contributed by atoms with Gasteiger partial charge in [-0.3, -0.25) is 0 Å². The van der Waals surface area contributed by atoms with Crippen LogP contribution >= 0.6 is 11.8 Å². The van der Waals surface area contributed by atoms with Gasteiger partial charge >= 0.3 is 6.03 Å². The Kier molecular flexibility index (Phi) is 1.97. The van der Waals surface area contributed by atoms with Gasteiger partial charge in [0.25, 0.3) is 0 Å². The molecule has 4 nitrogen and oxygen atoms in total. The van der Waals surface area contributed by atoms with Gasteiger partial charge in [-0.15, -0.1) is 11.8 Å². The number of urea groups is 1. The number of aliphatic imine (C=N–C) groups is 1. The van der Waals surface area contributed by atoms with Gasteiger partial charge in [0.15, 0.2) is 0 Å². The molecule has 0 saturated carbocycles. The van der Waals surface area contributed by atoms with E-state index in [1.165, 1.54) is 4.90 Å². The smallest absolute Gasteiger partial charge is 0.343 e. The SMILES string of the molecule is NC1=NC(=O)NC12CCSc1ccccc12. The van der Waals surface area contributed by atoms with Crippen LogP contribution in [0.2, 0.25) is 0 Å². The van der Waals surface area contributed by atoms with Crippen molar-refractivity contribution in [1.29, 1.82) is 0 Å². The highest BCUT2D eigenvalue weighted by atomic mass is 32.2. The second-order valence-electron chi connectivity index (χ2n) is 3.93. The highest BCUT2D eigenvalue weighted by molar-refractivity contribution is 7.99. The molecule has 16 heavy (non-hydrogen) atoms. The molecule has 2 aliphatic heterocycles. The number of thioether (sulfide) groups is 1. The molecule has 2 amide bonds. The third-order valence-electron chi connectivity index (χ3n) is 3.06. The lowest BCUT2D eigenvalue weighted by molar-refractivity contribution is 0.245. The van der Waals surface area contributed by atoms with E-state index in [4.69, 9.17) is 5.73 Å². The van der Waals surface area contributed by atoms with E-state index < -0.39 is 5.54 Å². The van der Waals surface area contributed by atoms with Crippen molar-refractivity contribution in [3.8, 4) is 0 Å². The zero-order valence-electron chi connectivity index (χ0n) is 8.56. The van der Waals surface area contributed by atoms with Crippen LogP contribution < -0.4 is 11.1 Å². The molecule has 3 rings (SSSR count). The quantitative estimate of drug-likeness (QED) is 0.713. The molecule has 0 radical (unpaired) electrons. The van der Waals surface area contributed by atoms with E-state index in [1.807, 2.05) is 18.2 Å². The molecule has 0 bridgehead atoms. The number of rotatable bonds is 0. The van der Waals surface area contributed by atoms with Crippen LogP contribution in [0.3, 0.4) is 0 Å². The minimum atomic E-state index is -0.557. The third kappa shape index (κ3) is 1.18. The van der Waals surface area contributed by atoms with Gasteiger partial charge in [-0.25, -0.2) is 4.79 Å². The molecule has 1 aromatic carbocycles. The van der Waals surface area contributed by atoms with Crippen molar-refractivity contribution < 1.29 is 4.79 Å². The first-order valence-corrected chi connectivity index (χ1v) is 6.10. The Morgan fingerprint density at radius 2 is 2.25 bits per heavy atom. The van der Waals surface area contributed by atoms with Crippen LogP contribution in [0.5, 0.6) is 0 Å². The number of benzene rings is 1. The zero-order chi connectivity index (χ0) is 11.2. The molecular weight excluding hydrogens is 222 g/mol. The lowest BCUT2D eigenvalue weighted by atomic mass is 9.86. The molecular formula is C11H11N3OS. The first-order valence-electron chi connectivity index (χ1n) is 5.11. The Hall–Kier alpha value is -1.49. The van der Waals surface area contributed by atoms with E-state index in [0.717, 1.165) is 17.7 Å². The number of hydrogen-bond donors (Lipinski definition) is 2. The van der Waals surface area contributed by atoms with E-state index >= 15 is 0 Å². The molecule has 0 saturated heterocycles. The molecule has 2 aliphatic rings. The molecule has 3 N–H and O–H groups in total. The minimum absolute atomic E-state index is 0.334. The highest BCUT2D eigenvalue weighted by Crippen LogP contribution is 2.41. The third-order valence-corrected chi connectivity index (χ3v) is 4.14. The maximum atomic E-state index is 11.4. The molecule has 1 aromatic rings. The average molecular weight is 233 g/mol. The summed E-state index contributed by atoms with van der Waals surface area (Å²) < 4.78 is 0. The lowest BCUT2D eigenvalue weighted by Gasteiger charge is -2.34. The molecule has 5 heteroatoms. The maximum Gasteiger partial charge on any atom is 0.343 e. The van der Waals surface area contributed by atoms with E-state index in [-0.39, 0.29) is 6.03 Å². The van der Waals surface area contributed by atoms with Crippen LogP contribution in [-0.4, -0.2) is 17.6 Å². The average Bonchev–Trinajstić information content (AvgIpc) is 2.55.